The molecule has 0 heterocycles. The first kappa shape index (κ1) is 12.4. The molecule has 0 fully saturated rings. The predicted molar refractivity (Wildman–Crippen MR) is 71.5 cm³/mol. The molecule has 0 aromatic heterocycles. The van der Waals surface area contributed by atoms with Crippen molar-refractivity contribution in [1.29, 1.82) is 0 Å². The van der Waals surface area contributed by atoms with Crippen LogP contribution in [0.25, 0.3) is 0 Å². The van der Waals surface area contributed by atoms with Crippen LogP contribution in [-0.2, 0) is 6.54 Å². The molecule has 0 amide bonds. The zero-order valence-electron chi connectivity index (χ0n) is 10.5. The molecule has 94 valence electrons. The van der Waals surface area contributed by atoms with Crippen LogP contribution in [0, 0.1) is 12.7 Å². The maximum absolute atomic E-state index is 13.1. The summed E-state index contributed by atoms with van der Waals surface area (Å²) < 4.78 is 18.2. The number of ether oxygens (including phenoxy) is 1. The first-order chi connectivity index (χ1) is 8.69. The predicted octanol–water partition coefficient (Wildman–Crippen LogP) is 3.75. The van der Waals surface area contributed by atoms with Crippen LogP contribution in [0.5, 0.6) is 5.75 Å². The molecule has 2 aromatic carbocycles. The summed E-state index contributed by atoms with van der Waals surface area (Å²) in [6.07, 6.45) is 0. The highest BCUT2D eigenvalue weighted by atomic mass is 19.1. The Morgan fingerprint density at radius 3 is 2.44 bits per heavy atom. The van der Waals surface area contributed by atoms with E-state index in [9.17, 15) is 4.39 Å². The van der Waals surface area contributed by atoms with Gasteiger partial charge in [0.15, 0.2) is 0 Å². The molecule has 2 aromatic rings. The third-order valence-electron chi connectivity index (χ3n) is 2.81. The van der Waals surface area contributed by atoms with Crippen LogP contribution in [0.4, 0.5) is 10.1 Å². The summed E-state index contributed by atoms with van der Waals surface area (Å²) in [4.78, 5) is 0. The van der Waals surface area contributed by atoms with Crippen LogP contribution in [0.2, 0.25) is 0 Å². The van der Waals surface area contributed by atoms with Gasteiger partial charge in [-0.15, -0.1) is 0 Å². The Balaban J connectivity index is 1.99. The molecule has 0 bridgehead atoms. The zero-order chi connectivity index (χ0) is 13.0. The number of nitrogens with one attached hydrogen (secondary N) is 1. The van der Waals surface area contributed by atoms with E-state index in [1.807, 2.05) is 24.3 Å². The van der Waals surface area contributed by atoms with E-state index in [1.165, 1.54) is 6.07 Å². The number of aryl methyl sites for hydroxylation is 1. The van der Waals surface area contributed by atoms with Crippen molar-refractivity contribution in [2.24, 2.45) is 0 Å². The van der Waals surface area contributed by atoms with Crippen LogP contribution in [0.15, 0.2) is 42.5 Å². The minimum Gasteiger partial charge on any atom is -0.497 e. The topological polar surface area (TPSA) is 21.3 Å². The van der Waals surface area contributed by atoms with Crippen molar-refractivity contribution < 1.29 is 9.13 Å². The molecule has 0 aliphatic heterocycles. The summed E-state index contributed by atoms with van der Waals surface area (Å²) >= 11 is 0. The molecule has 0 saturated heterocycles. The lowest BCUT2D eigenvalue weighted by molar-refractivity contribution is 0.414. The molecule has 0 spiro atoms. The van der Waals surface area contributed by atoms with Gasteiger partial charge in [-0.25, -0.2) is 4.39 Å². The Bertz CT molecular complexity index is 523. The molecule has 1 N–H and O–H groups in total. The van der Waals surface area contributed by atoms with Gasteiger partial charge in [0.2, 0.25) is 0 Å². The van der Waals surface area contributed by atoms with Gasteiger partial charge in [-0.1, -0.05) is 12.1 Å². The van der Waals surface area contributed by atoms with E-state index < -0.39 is 0 Å². The highest BCUT2D eigenvalue weighted by molar-refractivity contribution is 5.46. The number of methoxy groups -OCH3 is 1. The van der Waals surface area contributed by atoms with Crippen molar-refractivity contribution >= 4 is 5.69 Å². The molecule has 2 rings (SSSR count). The van der Waals surface area contributed by atoms with Crippen LogP contribution in [0.1, 0.15) is 11.1 Å². The fraction of sp³-hybridized carbons (Fsp3) is 0.200. The van der Waals surface area contributed by atoms with Crippen molar-refractivity contribution in [2.45, 2.75) is 13.5 Å². The Labute approximate surface area is 106 Å². The molecule has 0 unspecified atom stereocenters. The summed E-state index contributed by atoms with van der Waals surface area (Å²) in [6.45, 7) is 2.46. The van der Waals surface area contributed by atoms with Crippen LogP contribution in [-0.4, -0.2) is 7.11 Å². The number of hydrogen-bond donors (Lipinski definition) is 1. The lowest BCUT2D eigenvalue weighted by Gasteiger charge is -2.08. The Hall–Kier alpha value is -2.03. The molecule has 0 saturated carbocycles. The van der Waals surface area contributed by atoms with E-state index in [-0.39, 0.29) is 5.82 Å². The summed E-state index contributed by atoms with van der Waals surface area (Å²) in [5.74, 6) is 0.668. The molecular formula is C15H16FNO. The molecular weight excluding hydrogens is 229 g/mol. The molecule has 3 heteroatoms. The quantitative estimate of drug-likeness (QED) is 0.885. The fourth-order valence-corrected chi connectivity index (χ4v) is 1.70. The fourth-order valence-electron chi connectivity index (χ4n) is 1.70. The molecule has 0 radical (unpaired) electrons. The third kappa shape index (κ3) is 3.00. The number of halogens is 1. The smallest absolute Gasteiger partial charge is 0.126 e. The highest BCUT2D eigenvalue weighted by Gasteiger charge is 1.99. The Morgan fingerprint density at radius 2 is 1.83 bits per heavy atom. The Morgan fingerprint density at radius 1 is 1.11 bits per heavy atom. The lowest BCUT2D eigenvalue weighted by Crippen LogP contribution is -2.00. The van der Waals surface area contributed by atoms with E-state index in [2.05, 4.69) is 5.32 Å². The normalized spacial score (nSPS) is 10.2. The largest absolute Gasteiger partial charge is 0.497 e. The SMILES string of the molecule is COc1ccc(CNc2ccc(F)c(C)c2)cc1. The molecule has 18 heavy (non-hydrogen) atoms. The van der Waals surface area contributed by atoms with Gasteiger partial charge < -0.3 is 10.1 Å². The number of rotatable bonds is 4. The van der Waals surface area contributed by atoms with Gasteiger partial charge in [-0.05, 0) is 48.4 Å². The van der Waals surface area contributed by atoms with E-state index in [4.69, 9.17) is 4.74 Å². The monoisotopic (exact) mass is 245 g/mol. The zero-order valence-corrected chi connectivity index (χ0v) is 10.5. The number of hydrogen-bond acceptors (Lipinski definition) is 2. The van der Waals surface area contributed by atoms with Gasteiger partial charge in [-0.2, -0.15) is 0 Å². The van der Waals surface area contributed by atoms with Crippen LogP contribution >= 0.6 is 0 Å². The highest BCUT2D eigenvalue weighted by Crippen LogP contribution is 2.16. The molecule has 0 aliphatic carbocycles. The average molecular weight is 245 g/mol. The first-order valence-corrected chi connectivity index (χ1v) is 5.82. The minimum absolute atomic E-state index is 0.176. The minimum atomic E-state index is -0.176. The second-order valence-corrected chi connectivity index (χ2v) is 4.17. The Kier molecular flexibility index (Phi) is 3.82. The average Bonchev–Trinajstić information content (AvgIpc) is 2.41. The van der Waals surface area contributed by atoms with Crippen LogP contribution < -0.4 is 10.1 Å². The van der Waals surface area contributed by atoms with Gasteiger partial charge in [0.1, 0.15) is 11.6 Å². The van der Waals surface area contributed by atoms with E-state index in [0.29, 0.717) is 12.1 Å². The van der Waals surface area contributed by atoms with E-state index in [1.54, 1.807) is 26.2 Å². The number of anilines is 1. The van der Waals surface area contributed by atoms with Crippen LogP contribution in [0.3, 0.4) is 0 Å². The second kappa shape index (κ2) is 5.54. The maximum Gasteiger partial charge on any atom is 0.126 e. The maximum atomic E-state index is 13.1. The molecule has 0 aliphatic rings. The standard InChI is InChI=1S/C15H16FNO/c1-11-9-13(5-8-15(11)16)17-10-12-3-6-14(18-2)7-4-12/h3-9,17H,10H2,1-2H3. The van der Waals surface area contributed by atoms with E-state index in [0.717, 1.165) is 17.0 Å². The van der Waals surface area contributed by atoms with Crippen molar-refractivity contribution in [3.8, 4) is 5.75 Å². The third-order valence-corrected chi connectivity index (χ3v) is 2.81. The van der Waals surface area contributed by atoms with Crippen molar-refractivity contribution in [3.05, 3.63) is 59.4 Å². The van der Waals surface area contributed by atoms with Gasteiger partial charge in [0.05, 0.1) is 7.11 Å². The summed E-state index contributed by atoms with van der Waals surface area (Å²) in [5, 5.41) is 3.26. The molecule has 0 atom stereocenters. The van der Waals surface area contributed by atoms with Crippen molar-refractivity contribution in [1.82, 2.24) is 0 Å². The van der Waals surface area contributed by atoms with Crippen molar-refractivity contribution in [3.63, 3.8) is 0 Å². The van der Waals surface area contributed by atoms with E-state index >= 15 is 0 Å². The van der Waals surface area contributed by atoms with Crippen molar-refractivity contribution in [2.75, 3.05) is 12.4 Å². The van der Waals surface area contributed by atoms with Gasteiger partial charge >= 0.3 is 0 Å². The van der Waals surface area contributed by atoms with Gasteiger partial charge in [-0.3, -0.25) is 0 Å². The summed E-state index contributed by atoms with van der Waals surface area (Å²) in [7, 11) is 1.65. The summed E-state index contributed by atoms with van der Waals surface area (Å²) in [5.41, 5.74) is 2.72. The first-order valence-electron chi connectivity index (χ1n) is 5.82. The summed E-state index contributed by atoms with van der Waals surface area (Å²) in [6, 6.07) is 12.9. The second-order valence-electron chi connectivity index (χ2n) is 4.17. The lowest BCUT2D eigenvalue weighted by atomic mass is 10.2. The number of benzene rings is 2. The van der Waals surface area contributed by atoms with Gasteiger partial charge in [0.25, 0.3) is 0 Å². The molecule has 2 nitrogen and oxygen atoms in total. The van der Waals surface area contributed by atoms with Gasteiger partial charge in [0, 0.05) is 12.2 Å².